The molecule has 182 valence electrons. The summed E-state index contributed by atoms with van der Waals surface area (Å²) >= 11 is 1.21. The Hall–Kier alpha value is -4.85. The largest absolute Gasteiger partial charge is 0.461 e. The molecule has 4 rings (SSSR count). The predicted molar refractivity (Wildman–Crippen MR) is 129 cm³/mol. The van der Waals surface area contributed by atoms with Gasteiger partial charge < -0.3 is 4.42 Å². The first-order valence-electron chi connectivity index (χ1n) is 10.4. The van der Waals surface area contributed by atoms with Gasteiger partial charge in [0.1, 0.15) is 0 Å². The third-order valence-corrected chi connectivity index (χ3v) is 5.95. The number of rotatable bonds is 9. The summed E-state index contributed by atoms with van der Waals surface area (Å²) in [4.78, 5) is 34.0. The molecule has 4 aromatic rings. The lowest BCUT2D eigenvalue weighted by atomic mass is 10.2. The molecule has 0 aliphatic rings. The van der Waals surface area contributed by atoms with Gasteiger partial charge in [0, 0.05) is 46.8 Å². The monoisotopic (exact) mass is 507 g/mol. The Bertz CT molecular complexity index is 1470. The number of nitro benzene ring substituents is 2. The second kappa shape index (κ2) is 10.6. The quantitative estimate of drug-likeness (QED) is 0.197. The number of hydrogen-bond acceptors (Lipinski definition) is 10. The van der Waals surface area contributed by atoms with Crippen molar-refractivity contribution in [3.63, 3.8) is 0 Å². The smallest absolute Gasteiger partial charge is 0.271 e. The van der Waals surface area contributed by atoms with Crippen LogP contribution in [0.1, 0.15) is 22.8 Å². The van der Waals surface area contributed by atoms with Crippen LogP contribution in [-0.2, 0) is 6.54 Å². The normalized spacial score (nSPS) is 11.0. The summed E-state index contributed by atoms with van der Waals surface area (Å²) in [6, 6.07) is 12.9. The van der Waals surface area contributed by atoms with Crippen molar-refractivity contribution in [1.82, 2.24) is 20.2 Å². The van der Waals surface area contributed by atoms with E-state index in [1.165, 1.54) is 54.6 Å². The van der Waals surface area contributed by atoms with Crippen molar-refractivity contribution in [3.05, 3.63) is 92.2 Å². The molecule has 14 heteroatoms. The number of carbonyl (C=O) groups is 1. The molecular weight excluding hydrogens is 490 g/mol. The first kappa shape index (κ1) is 24.3. The topological polar surface area (TPSA) is 172 Å². The van der Waals surface area contributed by atoms with Crippen LogP contribution in [0.2, 0.25) is 0 Å². The second-order valence-electron chi connectivity index (χ2n) is 7.12. The number of nitrogens with zero attached hydrogens (tertiary/aromatic N) is 6. The standard InChI is InChI=1S/C22H17N7O6S/c1-2-27-20(18-7-4-10-35-18)24-26-22(27)36-19-9-8-17(29(33)34)12-15(19)13-23-25-21(30)14-5-3-6-16(11-14)28(31)32/h3-13H,2H2,1H3,(H,25,30)/b23-13-. The fourth-order valence-corrected chi connectivity index (χ4v) is 4.13. The fraction of sp³-hybridized carbons (Fsp3) is 0.0909. The van der Waals surface area contributed by atoms with E-state index < -0.39 is 15.8 Å². The zero-order chi connectivity index (χ0) is 25.7. The van der Waals surface area contributed by atoms with E-state index >= 15 is 0 Å². The Labute approximate surface area is 207 Å². The lowest BCUT2D eigenvalue weighted by Crippen LogP contribution is -2.17. The van der Waals surface area contributed by atoms with Crippen molar-refractivity contribution in [2.75, 3.05) is 0 Å². The van der Waals surface area contributed by atoms with Crippen LogP contribution < -0.4 is 5.43 Å². The molecule has 2 aromatic heterocycles. The molecule has 2 aromatic carbocycles. The van der Waals surface area contributed by atoms with E-state index in [2.05, 4.69) is 20.7 Å². The highest BCUT2D eigenvalue weighted by atomic mass is 32.2. The number of nitrogens with one attached hydrogen (secondary N) is 1. The van der Waals surface area contributed by atoms with Gasteiger partial charge in [-0.3, -0.25) is 29.6 Å². The van der Waals surface area contributed by atoms with Gasteiger partial charge in [-0.15, -0.1) is 10.2 Å². The van der Waals surface area contributed by atoms with Gasteiger partial charge in [-0.1, -0.05) is 6.07 Å². The molecule has 0 saturated heterocycles. The van der Waals surface area contributed by atoms with Gasteiger partial charge in [-0.25, -0.2) is 5.43 Å². The molecule has 0 unspecified atom stereocenters. The van der Waals surface area contributed by atoms with E-state index in [0.29, 0.717) is 33.7 Å². The number of hydrazone groups is 1. The Morgan fingerprint density at radius 3 is 2.58 bits per heavy atom. The minimum Gasteiger partial charge on any atom is -0.461 e. The summed E-state index contributed by atoms with van der Waals surface area (Å²) in [7, 11) is 0. The Morgan fingerprint density at radius 2 is 1.89 bits per heavy atom. The number of amides is 1. The van der Waals surface area contributed by atoms with Gasteiger partial charge in [-0.2, -0.15) is 5.10 Å². The molecule has 0 aliphatic carbocycles. The van der Waals surface area contributed by atoms with Gasteiger partial charge >= 0.3 is 0 Å². The van der Waals surface area contributed by atoms with E-state index in [4.69, 9.17) is 4.42 Å². The molecule has 2 heterocycles. The number of non-ortho nitro benzene ring substituents is 2. The van der Waals surface area contributed by atoms with Crippen molar-refractivity contribution in [3.8, 4) is 11.6 Å². The first-order valence-corrected chi connectivity index (χ1v) is 11.2. The molecule has 1 N–H and O–H groups in total. The Morgan fingerprint density at radius 1 is 1.11 bits per heavy atom. The summed E-state index contributed by atoms with van der Waals surface area (Å²) in [6.45, 7) is 2.46. The minimum absolute atomic E-state index is 0.0384. The van der Waals surface area contributed by atoms with E-state index in [9.17, 15) is 25.0 Å². The van der Waals surface area contributed by atoms with E-state index in [-0.39, 0.29) is 16.9 Å². The Kier molecular flexibility index (Phi) is 7.15. The van der Waals surface area contributed by atoms with Crippen molar-refractivity contribution >= 4 is 35.3 Å². The van der Waals surface area contributed by atoms with Crippen molar-refractivity contribution < 1.29 is 19.1 Å². The van der Waals surface area contributed by atoms with Crippen LogP contribution in [0.5, 0.6) is 0 Å². The molecule has 0 atom stereocenters. The van der Waals surface area contributed by atoms with Crippen LogP contribution in [-0.4, -0.2) is 36.7 Å². The van der Waals surface area contributed by atoms with Gasteiger partial charge in [0.15, 0.2) is 16.7 Å². The van der Waals surface area contributed by atoms with Crippen LogP contribution in [0.3, 0.4) is 0 Å². The molecule has 0 aliphatic heterocycles. The van der Waals surface area contributed by atoms with E-state index in [1.54, 1.807) is 18.2 Å². The lowest BCUT2D eigenvalue weighted by Gasteiger charge is -2.08. The average Bonchev–Trinajstić information content (AvgIpc) is 3.54. The average molecular weight is 507 g/mol. The lowest BCUT2D eigenvalue weighted by molar-refractivity contribution is -0.385. The molecule has 0 bridgehead atoms. The zero-order valence-electron chi connectivity index (χ0n) is 18.6. The molecule has 0 saturated carbocycles. The van der Waals surface area contributed by atoms with Crippen LogP contribution in [0, 0.1) is 20.2 Å². The highest BCUT2D eigenvalue weighted by molar-refractivity contribution is 7.99. The van der Waals surface area contributed by atoms with E-state index in [1.807, 2.05) is 11.5 Å². The number of furan rings is 1. The summed E-state index contributed by atoms with van der Waals surface area (Å²) in [6.07, 6.45) is 2.79. The third-order valence-electron chi connectivity index (χ3n) is 4.87. The molecular formula is C22H17N7O6S. The predicted octanol–water partition coefficient (Wildman–Crippen LogP) is 4.29. The Balaban J connectivity index is 1.60. The summed E-state index contributed by atoms with van der Waals surface area (Å²) in [5.41, 5.74) is 2.26. The maximum absolute atomic E-state index is 12.4. The van der Waals surface area contributed by atoms with Gasteiger partial charge in [0.2, 0.25) is 0 Å². The second-order valence-corrected chi connectivity index (χ2v) is 8.12. The molecule has 0 fully saturated rings. The number of carbonyl (C=O) groups excluding carboxylic acids is 1. The molecule has 13 nitrogen and oxygen atoms in total. The van der Waals surface area contributed by atoms with Gasteiger partial charge in [0.05, 0.1) is 22.3 Å². The number of benzene rings is 2. The molecule has 1 amide bonds. The van der Waals surface area contributed by atoms with Crippen LogP contribution in [0.4, 0.5) is 11.4 Å². The SMILES string of the molecule is CCn1c(Sc2ccc([N+](=O)[O-])cc2/C=N\NC(=O)c2cccc([N+](=O)[O-])c2)nnc1-c1ccco1. The first-order chi connectivity index (χ1) is 17.4. The minimum atomic E-state index is -0.677. The van der Waals surface area contributed by atoms with Crippen molar-refractivity contribution in [1.29, 1.82) is 0 Å². The van der Waals surface area contributed by atoms with Crippen LogP contribution in [0.25, 0.3) is 11.6 Å². The van der Waals surface area contributed by atoms with E-state index in [0.717, 1.165) is 6.07 Å². The van der Waals surface area contributed by atoms with Gasteiger partial charge in [0.25, 0.3) is 17.3 Å². The zero-order valence-corrected chi connectivity index (χ0v) is 19.4. The van der Waals surface area contributed by atoms with Crippen molar-refractivity contribution in [2.24, 2.45) is 5.10 Å². The highest BCUT2D eigenvalue weighted by Crippen LogP contribution is 2.33. The maximum Gasteiger partial charge on any atom is 0.271 e. The number of aromatic nitrogens is 3. The summed E-state index contributed by atoms with van der Waals surface area (Å²) in [5, 5.41) is 35.1. The van der Waals surface area contributed by atoms with Crippen LogP contribution >= 0.6 is 11.8 Å². The molecule has 0 spiro atoms. The van der Waals surface area contributed by atoms with Gasteiger partial charge in [-0.05, 0) is 43.0 Å². The third kappa shape index (κ3) is 5.28. The summed E-state index contributed by atoms with van der Waals surface area (Å²) < 4.78 is 7.25. The summed E-state index contributed by atoms with van der Waals surface area (Å²) in [5.74, 6) is 0.403. The number of hydrogen-bond donors (Lipinski definition) is 1. The maximum atomic E-state index is 12.4. The molecule has 36 heavy (non-hydrogen) atoms. The highest BCUT2D eigenvalue weighted by Gasteiger charge is 2.18. The van der Waals surface area contributed by atoms with Crippen molar-refractivity contribution in [2.45, 2.75) is 23.5 Å². The van der Waals surface area contributed by atoms with Crippen LogP contribution in [0.15, 0.2) is 80.4 Å². The number of nitro groups is 2. The fourth-order valence-electron chi connectivity index (χ4n) is 3.16. The molecule has 0 radical (unpaired) electrons.